The van der Waals surface area contributed by atoms with E-state index < -0.39 is 6.36 Å². The molecule has 3 nitrogen and oxygen atoms in total. The first-order valence-corrected chi connectivity index (χ1v) is 5.92. The zero-order chi connectivity index (χ0) is 14.0. The van der Waals surface area contributed by atoms with E-state index in [1.807, 2.05) is 13.8 Å². The van der Waals surface area contributed by atoms with Gasteiger partial charge >= 0.3 is 6.36 Å². The van der Waals surface area contributed by atoms with Gasteiger partial charge in [0.15, 0.2) is 0 Å². The van der Waals surface area contributed by atoms with Crippen LogP contribution in [0.3, 0.4) is 0 Å². The lowest BCUT2D eigenvalue weighted by Gasteiger charge is -2.09. The molecule has 0 aliphatic carbocycles. The van der Waals surface area contributed by atoms with Crippen molar-refractivity contribution in [2.24, 2.45) is 10.9 Å². The molecular formula is C13H14F3NO2. The zero-order valence-electron chi connectivity index (χ0n) is 10.6. The third-order valence-electron chi connectivity index (χ3n) is 2.78. The molecule has 0 aromatic heterocycles. The molecule has 1 aliphatic heterocycles. The van der Waals surface area contributed by atoms with Crippen LogP contribution in [0.15, 0.2) is 29.3 Å². The van der Waals surface area contributed by atoms with Crippen molar-refractivity contribution in [1.82, 2.24) is 0 Å². The Bertz CT molecular complexity index is 466. The molecule has 0 fully saturated rings. The highest BCUT2D eigenvalue weighted by Gasteiger charge is 2.31. The van der Waals surface area contributed by atoms with Crippen LogP contribution in [0.5, 0.6) is 5.75 Å². The lowest BCUT2D eigenvalue weighted by Crippen LogP contribution is -2.17. The van der Waals surface area contributed by atoms with Gasteiger partial charge in [-0.2, -0.15) is 0 Å². The molecule has 2 rings (SSSR count). The molecule has 0 unspecified atom stereocenters. The predicted molar refractivity (Wildman–Crippen MR) is 64.2 cm³/mol. The molecule has 6 heteroatoms. The van der Waals surface area contributed by atoms with Crippen LogP contribution < -0.4 is 4.74 Å². The Labute approximate surface area is 109 Å². The normalized spacial score (nSPS) is 19.3. The second kappa shape index (κ2) is 5.11. The minimum absolute atomic E-state index is 0.0982. The van der Waals surface area contributed by atoms with Crippen molar-refractivity contribution in [2.45, 2.75) is 26.3 Å². The lowest BCUT2D eigenvalue weighted by molar-refractivity contribution is -0.274. The first-order valence-electron chi connectivity index (χ1n) is 5.92. The monoisotopic (exact) mass is 273 g/mol. The van der Waals surface area contributed by atoms with Crippen molar-refractivity contribution in [1.29, 1.82) is 0 Å². The minimum Gasteiger partial charge on any atom is -0.475 e. The summed E-state index contributed by atoms with van der Waals surface area (Å²) in [6.07, 6.45) is -4.67. The molecule has 0 bridgehead atoms. The third-order valence-corrected chi connectivity index (χ3v) is 2.78. The van der Waals surface area contributed by atoms with E-state index in [4.69, 9.17) is 4.74 Å². The van der Waals surface area contributed by atoms with Gasteiger partial charge in [-0.05, 0) is 30.2 Å². The summed E-state index contributed by atoms with van der Waals surface area (Å²) in [5.41, 5.74) is 0.651. The number of benzene rings is 1. The number of rotatable bonds is 3. The molecule has 0 radical (unpaired) electrons. The quantitative estimate of drug-likeness (QED) is 0.845. The molecule has 0 spiro atoms. The molecule has 0 N–H and O–H groups in total. The summed E-state index contributed by atoms with van der Waals surface area (Å²) in [5, 5.41) is 0. The second-order valence-corrected chi connectivity index (χ2v) is 4.63. The van der Waals surface area contributed by atoms with Gasteiger partial charge in [0.2, 0.25) is 5.90 Å². The van der Waals surface area contributed by atoms with E-state index in [9.17, 15) is 13.2 Å². The Balaban J connectivity index is 2.09. The molecule has 1 atom stereocenters. The van der Waals surface area contributed by atoms with Gasteiger partial charge in [-0.15, -0.1) is 13.2 Å². The Morgan fingerprint density at radius 2 is 1.89 bits per heavy atom. The predicted octanol–water partition coefficient (Wildman–Crippen LogP) is 3.39. The molecule has 1 aromatic carbocycles. The van der Waals surface area contributed by atoms with Gasteiger partial charge in [0.25, 0.3) is 0 Å². The fourth-order valence-electron chi connectivity index (χ4n) is 1.69. The van der Waals surface area contributed by atoms with Gasteiger partial charge < -0.3 is 9.47 Å². The Hall–Kier alpha value is -1.72. The Kier molecular flexibility index (Phi) is 3.68. The minimum atomic E-state index is -4.67. The highest BCUT2D eigenvalue weighted by atomic mass is 19.4. The molecule has 19 heavy (non-hydrogen) atoms. The number of nitrogens with zero attached hydrogens (tertiary/aromatic N) is 1. The van der Waals surface area contributed by atoms with Crippen molar-refractivity contribution < 1.29 is 22.6 Å². The highest BCUT2D eigenvalue weighted by molar-refractivity contribution is 5.95. The first kappa shape index (κ1) is 13.7. The molecule has 0 saturated carbocycles. The van der Waals surface area contributed by atoms with Crippen molar-refractivity contribution in [3.63, 3.8) is 0 Å². The summed E-state index contributed by atoms with van der Waals surface area (Å²) >= 11 is 0. The van der Waals surface area contributed by atoms with Gasteiger partial charge in [0, 0.05) is 5.56 Å². The Morgan fingerprint density at radius 3 is 2.37 bits per heavy atom. The Morgan fingerprint density at radius 1 is 1.26 bits per heavy atom. The van der Waals surface area contributed by atoms with Crippen LogP contribution in [0.2, 0.25) is 0 Å². The molecule has 1 aliphatic rings. The molecule has 104 valence electrons. The largest absolute Gasteiger partial charge is 0.573 e. The summed E-state index contributed by atoms with van der Waals surface area (Å²) in [7, 11) is 0. The number of halogens is 3. The number of hydrogen-bond donors (Lipinski definition) is 0. The van der Waals surface area contributed by atoms with Crippen molar-refractivity contribution in [3.05, 3.63) is 29.8 Å². The van der Waals surface area contributed by atoms with Gasteiger partial charge in [0.1, 0.15) is 12.4 Å². The maximum Gasteiger partial charge on any atom is 0.573 e. The summed E-state index contributed by atoms with van der Waals surface area (Å²) in [5.74, 6) is 0.581. The zero-order valence-corrected chi connectivity index (χ0v) is 10.6. The fourth-order valence-corrected chi connectivity index (χ4v) is 1.69. The topological polar surface area (TPSA) is 30.8 Å². The standard InChI is InChI=1S/C13H14F3NO2/c1-8(2)11-7-18-12(17-11)9-3-5-10(6-4-9)19-13(14,15)16/h3-6,8,11H,7H2,1-2H3/t11-/m0/s1. The van der Waals surface area contributed by atoms with Gasteiger partial charge in [-0.1, -0.05) is 13.8 Å². The van der Waals surface area contributed by atoms with Crippen molar-refractivity contribution in [2.75, 3.05) is 6.61 Å². The maximum absolute atomic E-state index is 12.0. The fraction of sp³-hybridized carbons (Fsp3) is 0.462. The van der Waals surface area contributed by atoms with Crippen LogP contribution in [-0.4, -0.2) is 24.9 Å². The average Bonchev–Trinajstić information content (AvgIpc) is 2.77. The maximum atomic E-state index is 12.0. The van der Waals surface area contributed by atoms with E-state index in [2.05, 4.69) is 9.73 Å². The van der Waals surface area contributed by atoms with Gasteiger partial charge in [-0.25, -0.2) is 4.99 Å². The van der Waals surface area contributed by atoms with Crippen LogP contribution in [0.25, 0.3) is 0 Å². The first-order chi connectivity index (χ1) is 8.85. The smallest absolute Gasteiger partial charge is 0.475 e. The molecule has 1 heterocycles. The third kappa shape index (κ3) is 3.62. The highest BCUT2D eigenvalue weighted by Crippen LogP contribution is 2.24. The van der Waals surface area contributed by atoms with E-state index >= 15 is 0 Å². The van der Waals surface area contributed by atoms with Crippen LogP contribution in [0.4, 0.5) is 13.2 Å². The van der Waals surface area contributed by atoms with E-state index in [0.717, 1.165) is 0 Å². The number of alkyl halides is 3. The van der Waals surface area contributed by atoms with Crippen molar-refractivity contribution >= 4 is 5.90 Å². The summed E-state index contributed by atoms with van der Waals surface area (Å²) in [6.45, 7) is 4.59. The molecule has 0 saturated heterocycles. The van der Waals surface area contributed by atoms with E-state index in [1.165, 1.54) is 24.3 Å². The molecular weight excluding hydrogens is 259 g/mol. The van der Waals surface area contributed by atoms with Crippen LogP contribution >= 0.6 is 0 Å². The van der Waals surface area contributed by atoms with Gasteiger partial charge in [0.05, 0.1) is 6.04 Å². The second-order valence-electron chi connectivity index (χ2n) is 4.63. The van der Waals surface area contributed by atoms with Crippen molar-refractivity contribution in [3.8, 4) is 5.75 Å². The lowest BCUT2D eigenvalue weighted by atomic mass is 10.1. The molecule has 0 amide bonds. The van der Waals surface area contributed by atoms with E-state index in [1.54, 1.807) is 0 Å². The summed E-state index contributed by atoms with van der Waals surface area (Å²) < 4.78 is 45.3. The van der Waals surface area contributed by atoms with Crippen LogP contribution in [-0.2, 0) is 4.74 Å². The summed E-state index contributed by atoms with van der Waals surface area (Å²) in [6, 6.07) is 5.60. The van der Waals surface area contributed by atoms with Gasteiger partial charge in [-0.3, -0.25) is 0 Å². The van der Waals surface area contributed by atoms with Crippen LogP contribution in [0.1, 0.15) is 19.4 Å². The summed E-state index contributed by atoms with van der Waals surface area (Å²) in [4.78, 5) is 4.39. The number of hydrogen-bond acceptors (Lipinski definition) is 3. The average molecular weight is 273 g/mol. The SMILES string of the molecule is CC(C)[C@@H]1COC(c2ccc(OC(F)(F)F)cc2)=N1. The number of aliphatic imine (C=N–C) groups is 1. The van der Waals surface area contributed by atoms with E-state index in [0.29, 0.717) is 24.0 Å². The van der Waals surface area contributed by atoms with E-state index in [-0.39, 0.29) is 11.8 Å². The van der Waals surface area contributed by atoms with Crippen LogP contribution in [0, 0.1) is 5.92 Å². The number of ether oxygens (including phenoxy) is 2. The molecule has 1 aromatic rings.